The molecule has 1 rings (SSSR count). The summed E-state index contributed by atoms with van der Waals surface area (Å²) in [5.41, 5.74) is 6.21. The van der Waals surface area contributed by atoms with E-state index in [1.807, 2.05) is 18.0 Å². The van der Waals surface area contributed by atoms with Crippen LogP contribution in [0.15, 0.2) is 18.2 Å². The van der Waals surface area contributed by atoms with E-state index in [9.17, 15) is 4.79 Å². The summed E-state index contributed by atoms with van der Waals surface area (Å²) in [5, 5.41) is 1.04. The lowest BCUT2D eigenvalue weighted by molar-refractivity contribution is -0.122. The van der Waals surface area contributed by atoms with E-state index in [0.29, 0.717) is 16.6 Å². The molecule has 6 heteroatoms. The summed E-state index contributed by atoms with van der Waals surface area (Å²) in [6, 6.07) is 5.09. The zero-order valence-electron chi connectivity index (χ0n) is 9.61. The zero-order valence-corrected chi connectivity index (χ0v) is 11.9. The first kappa shape index (κ1) is 16.5. The Kier molecular flexibility index (Phi) is 6.87. The number of amides is 1. The molecule has 3 nitrogen and oxygen atoms in total. The number of benzene rings is 1. The summed E-state index contributed by atoms with van der Waals surface area (Å²) in [6.45, 7) is 2.36. The van der Waals surface area contributed by atoms with E-state index in [1.54, 1.807) is 19.1 Å². The number of carbonyl (C=O) groups is 1. The van der Waals surface area contributed by atoms with Gasteiger partial charge in [0.05, 0.1) is 16.1 Å². The molecule has 0 radical (unpaired) electrons. The maximum atomic E-state index is 11.0. The van der Waals surface area contributed by atoms with Crippen LogP contribution in [-0.4, -0.2) is 23.9 Å². The number of likely N-dealkylation sites (N-methyl/N-ethyl adjacent to an activating group) is 1. The highest BCUT2D eigenvalue weighted by Gasteiger charge is 2.14. The third-order valence-corrected chi connectivity index (χ3v) is 3.23. The summed E-state index contributed by atoms with van der Waals surface area (Å²) in [6.07, 6.45) is 0. The summed E-state index contributed by atoms with van der Waals surface area (Å²) >= 11 is 11.7. The average Bonchev–Trinajstić information content (AvgIpc) is 2.22. The van der Waals surface area contributed by atoms with Crippen molar-refractivity contribution in [3.8, 4) is 0 Å². The molecule has 0 heterocycles. The Morgan fingerprint density at radius 3 is 2.47 bits per heavy atom. The number of hydrogen-bond acceptors (Lipinski definition) is 2. The Balaban J connectivity index is 0.00000256. The van der Waals surface area contributed by atoms with Gasteiger partial charge in [0.25, 0.3) is 0 Å². The van der Waals surface area contributed by atoms with Crippen molar-refractivity contribution in [1.82, 2.24) is 4.90 Å². The number of primary amides is 1. The smallest absolute Gasteiger partial charge is 0.234 e. The number of nitrogens with two attached hydrogens (primary N) is 1. The number of rotatable bonds is 4. The Hall–Kier alpha value is -0.480. The molecule has 0 spiro atoms. The molecule has 17 heavy (non-hydrogen) atoms. The molecular weight excluding hydrogens is 282 g/mol. The fourth-order valence-electron chi connectivity index (χ4n) is 1.28. The highest BCUT2D eigenvalue weighted by molar-refractivity contribution is 6.42. The lowest BCUT2D eigenvalue weighted by atomic mass is 10.2. The van der Waals surface area contributed by atoms with Crippen molar-refractivity contribution in [2.45, 2.75) is 19.5 Å². The van der Waals surface area contributed by atoms with Crippen molar-refractivity contribution in [3.05, 3.63) is 33.8 Å². The molecule has 0 saturated carbocycles. The van der Waals surface area contributed by atoms with Crippen molar-refractivity contribution < 1.29 is 4.79 Å². The van der Waals surface area contributed by atoms with E-state index >= 15 is 0 Å². The van der Waals surface area contributed by atoms with E-state index < -0.39 is 0 Å². The second-order valence-corrected chi connectivity index (χ2v) is 4.56. The molecule has 96 valence electrons. The maximum absolute atomic E-state index is 11.0. The number of nitrogens with zero attached hydrogens (tertiary/aromatic N) is 1. The summed E-state index contributed by atoms with van der Waals surface area (Å²) in [4.78, 5) is 12.8. The molecule has 1 amide bonds. The van der Waals surface area contributed by atoms with Gasteiger partial charge in [0.15, 0.2) is 0 Å². The van der Waals surface area contributed by atoms with Gasteiger partial charge >= 0.3 is 0 Å². The third-order valence-electron chi connectivity index (χ3n) is 2.49. The molecule has 2 N–H and O–H groups in total. The van der Waals surface area contributed by atoms with Gasteiger partial charge in [0.2, 0.25) is 5.91 Å². The van der Waals surface area contributed by atoms with Gasteiger partial charge in [0, 0.05) is 6.54 Å². The van der Waals surface area contributed by atoms with Crippen molar-refractivity contribution in [1.29, 1.82) is 0 Å². The van der Waals surface area contributed by atoms with Gasteiger partial charge in [-0.15, -0.1) is 12.4 Å². The van der Waals surface area contributed by atoms with Gasteiger partial charge in [-0.3, -0.25) is 9.69 Å². The predicted octanol–water partition coefficient (Wildman–Crippen LogP) is 2.72. The van der Waals surface area contributed by atoms with Gasteiger partial charge in [-0.1, -0.05) is 29.3 Å². The van der Waals surface area contributed by atoms with Crippen LogP contribution in [0.4, 0.5) is 0 Å². The Morgan fingerprint density at radius 2 is 2.00 bits per heavy atom. The predicted molar refractivity (Wildman–Crippen MR) is 73.8 cm³/mol. The fourth-order valence-corrected chi connectivity index (χ4v) is 1.60. The first-order valence-corrected chi connectivity index (χ1v) is 5.61. The van der Waals surface area contributed by atoms with Crippen molar-refractivity contribution in [3.63, 3.8) is 0 Å². The monoisotopic (exact) mass is 296 g/mol. The van der Waals surface area contributed by atoms with E-state index in [2.05, 4.69) is 0 Å². The van der Waals surface area contributed by atoms with Gasteiger partial charge in [0.1, 0.15) is 0 Å². The Labute approximate surface area is 117 Å². The molecule has 0 fully saturated rings. The molecule has 0 aromatic heterocycles. The molecule has 0 aliphatic carbocycles. The van der Waals surface area contributed by atoms with E-state index in [0.717, 1.165) is 5.56 Å². The van der Waals surface area contributed by atoms with Crippen LogP contribution in [-0.2, 0) is 11.3 Å². The van der Waals surface area contributed by atoms with Gasteiger partial charge in [-0.2, -0.15) is 0 Å². The second-order valence-electron chi connectivity index (χ2n) is 3.74. The van der Waals surface area contributed by atoms with Crippen LogP contribution in [0.25, 0.3) is 0 Å². The van der Waals surface area contributed by atoms with Crippen LogP contribution < -0.4 is 5.73 Å². The number of carbonyl (C=O) groups excluding carboxylic acids is 1. The summed E-state index contributed by atoms with van der Waals surface area (Å²) in [5.74, 6) is -0.345. The van der Waals surface area contributed by atoms with E-state index in [1.165, 1.54) is 0 Å². The number of halogens is 3. The molecule has 1 atom stereocenters. The molecule has 0 saturated heterocycles. The standard InChI is InChI=1S/C11H14Cl2N2O.ClH/c1-7(11(14)16)15(2)6-8-3-4-9(12)10(13)5-8;/h3-5,7H,6H2,1-2H3,(H2,14,16);1H. The summed E-state index contributed by atoms with van der Waals surface area (Å²) in [7, 11) is 1.83. The van der Waals surface area contributed by atoms with Crippen LogP contribution >= 0.6 is 35.6 Å². The van der Waals surface area contributed by atoms with Crippen LogP contribution in [0.5, 0.6) is 0 Å². The molecule has 0 bridgehead atoms. The van der Waals surface area contributed by atoms with Crippen LogP contribution in [0, 0.1) is 0 Å². The molecule has 1 aromatic rings. The quantitative estimate of drug-likeness (QED) is 0.929. The normalized spacial score (nSPS) is 12.1. The fraction of sp³-hybridized carbons (Fsp3) is 0.364. The largest absolute Gasteiger partial charge is 0.368 e. The van der Waals surface area contributed by atoms with Crippen molar-refractivity contribution in [2.24, 2.45) is 5.73 Å². The van der Waals surface area contributed by atoms with Crippen molar-refractivity contribution >= 4 is 41.5 Å². The minimum Gasteiger partial charge on any atom is -0.368 e. The first-order valence-electron chi connectivity index (χ1n) is 4.85. The topological polar surface area (TPSA) is 46.3 Å². The molecule has 0 aliphatic heterocycles. The zero-order chi connectivity index (χ0) is 12.3. The van der Waals surface area contributed by atoms with Crippen LogP contribution in [0.3, 0.4) is 0 Å². The van der Waals surface area contributed by atoms with E-state index in [4.69, 9.17) is 28.9 Å². The molecule has 1 unspecified atom stereocenters. The molecule has 0 aliphatic rings. The minimum atomic E-state index is -0.345. The third kappa shape index (κ3) is 4.72. The minimum absolute atomic E-state index is 0. The Morgan fingerprint density at radius 1 is 1.41 bits per heavy atom. The highest BCUT2D eigenvalue weighted by Crippen LogP contribution is 2.23. The van der Waals surface area contributed by atoms with Crippen LogP contribution in [0.1, 0.15) is 12.5 Å². The maximum Gasteiger partial charge on any atom is 0.234 e. The molecule has 1 aromatic carbocycles. The number of hydrogen-bond donors (Lipinski definition) is 1. The lowest BCUT2D eigenvalue weighted by Crippen LogP contribution is -2.39. The van der Waals surface area contributed by atoms with E-state index in [-0.39, 0.29) is 24.4 Å². The van der Waals surface area contributed by atoms with Crippen LogP contribution in [0.2, 0.25) is 10.0 Å². The SMILES string of the molecule is CC(C(N)=O)N(C)Cc1ccc(Cl)c(Cl)c1.Cl. The first-order chi connectivity index (χ1) is 7.41. The van der Waals surface area contributed by atoms with Gasteiger partial charge < -0.3 is 5.73 Å². The van der Waals surface area contributed by atoms with Gasteiger partial charge in [-0.25, -0.2) is 0 Å². The molecular formula is C11H15Cl3N2O. The second kappa shape index (κ2) is 7.07. The lowest BCUT2D eigenvalue weighted by Gasteiger charge is -2.21. The van der Waals surface area contributed by atoms with Gasteiger partial charge in [-0.05, 0) is 31.7 Å². The van der Waals surface area contributed by atoms with Crippen molar-refractivity contribution in [2.75, 3.05) is 7.05 Å². The summed E-state index contributed by atoms with van der Waals surface area (Å²) < 4.78 is 0. The average molecular weight is 298 g/mol. The highest BCUT2D eigenvalue weighted by atomic mass is 35.5. The Bertz CT molecular complexity index is 398.